The Labute approximate surface area is 204 Å². The summed E-state index contributed by atoms with van der Waals surface area (Å²) in [6.07, 6.45) is -2.10. The van der Waals surface area contributed by atoms with Crippen LogP contribution in [-0.2, 0) is 13.6 Å². The molecule has 2 N–H and O–H groups in total. The van der Waals surface area contributed by atoms with Crippen molar-refractivity contribution in [1.29, 1.82) is 0 Å². The Kier molecular flexibility index (Phi) is 7.83. The average Bonchev–Trinajstić information content (AvgIpc) is 2.94. The van der Waals surface area contributed by atoms with Crippen LogP contribution in [0.1, 0.15) is 47.8 Å². The summed E-state index contributed by atoms with van der Waals surface area (Å²) in [5.74, 6) is -1.49. The van der Waals surface area contributed by atoms with Crippen molar-refractivity contribution in [2.24, 2.45) is 0 Å². The molecular weight excluding hydrogens is 476 g/mol. The highest BCUT2D eigenvalue weighted by atomic mass is 28.4. The Morgan fingerprint density at radius 1 is 1.21 bits per heavy atom. The first-order chi connectivity index (χ1) is 15.2. The summed E-state index contributed by atoms with van der Waals surface area (Å²) in [4.78, 5) is 16.0. The van der Waals surface area contributed by atoms with E-state index in [1.807, 2.05) is 33.9 Å². The molecule has 2 rings (SSSR count). The molecule has 1 aromatic heterocycles. The summed E-state index contributed by atoms with van der Waals surface area (Å²) in [6, 6.07) is 0. The van der Waals surface area contributed by atoms with E-state index in [1.165, 1.54) is 6.08 Å². The van der Waals surface area contributed by atoms with Crippen molar-refractivity contribution in [3.05, 3.63) is 35.2 Å². The molecule has 7 nitrogen and oxygen atoms in total. The second-order valence-electron chi connectivity index (χ2n) is 12.1. The van der Waals surface area contributed by atoms with Crippen LogP contribution in [0.4, 0.5) is 14.6 Å². The molecule has 0 saturated carbocycles. The van der Waals surface area contributed by atoms with E-state index in [9.17, 15) is 9.18 Å². The highest BCUT2D eigenvalue weighted by Gasteiger charge is 2.59. The molecule has 0 spiro atoms. The van der Waals surface area contributed by atoms with Crippen LogP contribution in [0.25, 0.3) is 0 Å². The maximum absolute atomic E-state index is 16.1. The van der Waals surface area contributed by atoms with Crippen LogP contribution >= 0.6 is 0 Å². The lowest BCUT2D eigenvalue weighted by Crippen LogP contribution is -2.55. The van der Waals surface area contributed by atoms with Crippen molar-refractivity contribution in [1.82, 2.24) is 9.55 Å². The van der Waals surface area contributed by atoms with E-state index < -0.39 is 58.1 Å². The largest absolute Gasteiger partial charge is 0.413 e. The highest BCUT2D eigenvalue weighted by molar-refractivity contribution is 6.74. The fourth-order valence-corrected chi connectivity index (χ4v) is 5.47. The number of halogens is 2. The molecule has 0 radical (unpaired) electrons. The van der Waals surface area contributed by atoms with Crippen LogP contribution in [0.15, 0.2) is 23.6 Å². The van der Waals surface area contributed by atoms with Crippen LogP contribution in [0.2, 0.25) is 36.3 Å². The molecule has 1 aliphatic heterocycles. The van der Waals surface area contributed by atoms with Crippen LogP contribution in [0.3, 0.4) is 0 Å². The Morgan fingerprint density at radius 2 is 1.74 bits per heavy atom. The second kappa shape index (κ2) is 9.23. The van der Waals surface area contributed by atoms with E-state index in [1.54, 1.807) is 0 Å². The number of anilines is 1. The SMILES string of the molecule is C=C[C@]1(CO[Si](C)(C)C(C)(C)C)O[C@@H](n2cc(F)c(N)nc2=O)[C@@H](F)C1O[Si](C)(C)C(C)(C)C. The van der Waals surface area contributed by atoms with E-state index in [0.717, 1.165) is 10.8 Å². The minimum Gasteiger partial charge on any atom is -0.413 e. The lowest BCUT2D eigenvalue weighted by Gasteiger charge is -2.44. The van der Waals surface area contributed by atoms with Crippen LogP contribution in [0, 0.1) is 5.82 Å². The van der Waals surface area contributed by atoms with Gasteiger partial charge in [-0.3, -0.25) is 4.57 Å². The monoisotopic (exact) mass is 517 g/mol. The normalized spacial score (nSPS) is 26.6. The first kappa shape index (κ1) is 28.8. The van der Waals surface area contributed by atoms with Gasteiger partial charge in [-0.15, -0.1) is 6.58 Å². The number of ether oxygens (including phenoxy) is 1. The van der Waals surface area contributed by atoms with Crippen molar-refractivity contribution in [3.8, 4) is 0 Å². The van der Waals surface area contributed by atoms with Crippen LogP contribution in [0.5, 0.6) is 0 Å². The molecule has 1 unspecified atom stereocenters. The number of nitrogens with zero attached hydrogens (tertiary/aromatic N) is 2. The smallest absolute Gasteiger partial charge is 0.351 e. The van der Waals surface area contributed by atoms with Gasteiger partial charge >= 0.3 is 5.69 Å². The van der Waals surface area contributed by atoms with Gasteiger partial charge in [-0.1, -0.05) is 47.6 Å². The van der Waals surface area contributed by atoms with E-state index in [-0.39, 0.29) is 16.7 Å². The number of nitrogens with two attached hydrogens (primary N) is 1. The minimum absolute atomic E-state index is 0.0111. The summed E-state index contributed by atoms with van der Waals surface area (Å²) in [5, 5.41) is -0.317. The maximum Gasteiger partial charge on any atom is 0.351 e. The van der Waals surface area contributed by atoms with Gasteiger partial charge in [0.2, 0.25) is 0 Å². The average molecular weight is 518 g/mol. The Balaban J connectivity index is 2.58. The van der Waals surface area contributed by atoms with Gasteiger partial charge in [0, 0.05) is 0 Å². The van der Waals surface area contributed by atoms with Gasteiger partial charge in [-0.2, -0.15) is 4.98 Å². The first-order valence-corrected chi connectivity index (χ1v) is 17.3. The summed E-state index contributed by atoms with van der Waals surface area (Å²) in [7, 11) is -4.76. The predicted octanol–water partition coefficient (Wildman–Crippen LogP) is 5.17. The van der Waals surface area contributed by atoms with Crippen molar-refractivity contribution < 1.29 is 22.4 Å². The summed E-state index contributed by atoms with van der Waals surface area (Å²) in [6.45, 7) is 24.5. The maximum atomic E-state index is 16.1. The quantitative estimate of drug-likeness (QED) is 0.397. The van der Waals surface area contributed by atoms with Gasteiger partial charge in [-0.25, -0.2) is 13.6 Å². The third-order valence-electron chi connectivity index (χ3n) is 7.63. The number of hydrogen-bond donors (Lipinski definition) is 1. The zero-order valence-electron chi connectivity index (χ0n) is 22.2. The molecule has 0 amide bonds. The zero-order valence-corrected chi connectivity index (χ0v) is 24.2. The van der Waals surface area contributed by atoms with Gasteiger partial charge in [0.1, 0.15) is 11.7 Å². The van der Waals surface area contributed by atoms with E-state index in [2.05, 4.69) is 45.4 Å². The topological polar surface area (TPSA) is 88.6 Å². The van der Waals surface area contributed by atoms with Gasteiger partial charge in [0.15, 0.2) is 40.7 Å². The standard InChI is InChI=1S/C23H41F2N3O4Si2/c1-12-23(14-30-33(8,9)21(2,3)4)17(32-34(10,11)22(5,6)7)16(25)19(31-23)28-13-15(24)18(26)27-20(28)29/h12-13,16-17,19H,1,14H2,2-11H3,(H2,26,27,29)/t16-,17?,19+,23+/m0/s1. The van der Waals surface area contributed by atoms with Crippen molar-refractivity contribution in [3.63, 3.8) is 0 Å². The zero-order chi connectivity index (χ0) is 26.5. The molecule has 0 aliphatic carbocycles. The number of rotatable bonds is 7. The summed E-state index contributed by atoms with van der Waals surface area (Å²) >= 11 is 0. The fourth-order valence-electron chi connectivity index (χ4n) is 3.13. The summed E-state index contributed by atoms with van der Waals surface area (Å²) < 4.78 is 50.2. The molecule has 34 heavy (non-hydrogen) atoms. The molecule has 4 atom stereocenters. The number of hydrogen-bond acceptors (Lipinski definition) is 6. The van der Waals surface area contributed by atoms with Gasteiger partial charge in [0.25, 0.3) is 0 Å². The van der Waals surface area contributed by atoms with Crippen molar-refractivity contribution >= 4 is 22.5 Å². The highest BCUT2D eigenvalue weighted by Crippen LogP contribution is 2.47. The molecule has 11 heteroatoms. The Morgan fingerprint density at radius 3 is 2.21 bits per heavy atom. The number of aromatic nitrogens is 2. The molecule has 1 saturated heterocycles. The minimum atomic E-state index is -2.50. The lowest BCUT2D eigenvalue weighted by atomic mass is 9.97. The molecule has 1 aliphatic rings. The molecule has 1 fully saturated rings. The molecule has 194 valence electrons. The molecule has 2 heterocycles. The van der Waals surface area contributed by atoms with E-state index in [4.69, 9.17) is 19.3 Å². The third-order valence-corrected chi connectivity index (χ3v) is 16.6. The Hall–Kier alpha value is -1.41. The molecule has 0 bridgehead atoms. The van der Waals surface area contributed by atoms with Crippen LogP contribution < -0.4 is 11.4 Å². The van der Waals surface area contributed by atoms with Crippen molar-refractivity contribution in [2.45, 2.75) is 102 Å². The third kappa shape index (κ3) is 5.38. The number of alkyl halides is 1. The van der Waals surface area contributed by atoms with Crippen LogP contribution in [-0.4, -0.2) is 50.7 Å². The van der Waals surface area contributed by atoms with Crippen molar-refractivity contribution in [2.75, 3.05) is 12.3 Å². The lowest BCUT2D eigenvalue weighted by molar-refractivity contribution is -0.0936. The van der Waals surface area contributed by atoms with E-state index in [0.29, 0.717) is 0 Å². The summed E-state index contributed by atoms with van der Waals surface area (Å²) in [5.41, 5.74) is 3.10. The van der Waals surface area contributed by atoms with Gasteiger partial charge in [-0.05, 0) is 36.3 Å². The van der Waals surface area contributed by atoms with Gasteiger partial charge in [0.05, 0.1) is 12.8 Å². The molecule has 0 aromatic carbocycles. The van der Waals surface area contributed by atoms with Gasteiger partial charge < -0.3 is 19.3 Å². The number of nitrogen functional groups attached to an aromatic ring is 1. The second-order valence-corrected chi connectivity index (χ2v) is 21.7. The van der Waals surface area contributed by atoms with E-state index >= 15 is 4.39 Å². The predicted molar refractivity (Wildman–Crippen MR) is 136 cm³/mol. The molecule has 1 aromatic rings. The first-order valence-electron chi connectivity index (χ1n) is 11.5. The fraction of sp³-hybridized carbons (Fsp3) is 0.739. The molecular formula is C23H41F2N3O4Si2. The Bertz CT molecular complexity index is 972.